The van der Waals surface area contributed by atoms with E-state index in [-0.39, 0.29) is 5.91 Å². The van der Waals surface area contributed by atoms with E-state index in [2.05, 4.69) is 15.5 Å². The van der Waals surface area contributed by atoms with Crippen LogP contribution in [-0.4, -0.2) is 22.6 Å². The monoisotopic (exact) mass is 343 g/mol. The van der Waals surface area contributed by atoms with E-state index in [1.807, 2.05) is 66.7 Å². The van der Waals surface area contributed by atoms with E-state index in [1.165, 1.54) is 0 Å². The van der Waals surface area contributed by atoms with Crippen LogP contribution >= 0.6 is 0 Å². The molecule has 4 rings (SSSR count). The van der Waals surface area contributed by atoms with Crippen molar-refractivity contribution in [2.75, 3.05) is 6.54 Å². The third-order valence-electron chi connectivity index (χ3n) is 4.18. The fourth-order valence-electron chi connectivity index (χ4n) is 2.92. The van der Waals surface area contributed by atoms with Crippen molar-refractivity contribution in [2.45, 2.75) is 6.42 Å². The molecule has 5 heteroatoms. The first-order valence-corrected chi connectivity index (χ1v) is 8.44. The summed E-state index contributed by atoms with van der Waals surface area (Å²) in [7, 11) is 0. The molecule has 0 unspecified atom stereocenters. The summed E-state index contributed by atoms with van der Waals surface area (Å²) in [5.74, 6) is 0.674. The third-order valence-corrected chi connectivity index (χ3v) is 4.18. The summed E-state index contributed by atoms with van der Waals surface area (Å²) >= 11 is 0. The Balaban J connectivity index is 1.70. The summed E-state index contributed by atoms with van der Waals surface area (Å²) in [5, 5.41) is 12.4. The SMILES string of the molecule is O=C(NCCc1ccco1)c1c(-c2ccccc2)nnc2ccccc12. The van der Waals surface area contributed by atoms with E-state index >= 15 is 0 Å². The van der Waals surface area contributed by atoms with Gasteiger partial charge < -0.3 is 9.73 Å². The van der Waals surface area contributed by atoms with Crippen molar-refractivity contribution < 1.29 is 9.21 Å². The number of carbonyl (C=O) groups is 1. The molecule has 0 saturated carbocycles. The van der Waals surface area contributed by atoms with Gasteiger partial charge in [-0.1, -0.05) is 48.5 Å². The molecule has 0 spiro atoms. The first kappa shape index (κ1) is 16.0. The van der Waals surface area contributed by atoms with Crippen LogP contribution in [0.5, 0.6) is 0 Å². The van der Waals surface area contributed by atoms with Crippen molar-refractivity contribution in [2.24, 2.45) is 0 Å². The molecule has 0 aliphatic rings. The lowest BCUT2D eigenvalue weighted by molar-refractivity contribution is 0.0955. The second kappa shape index (κ2) is 7.19. The zero-order chi connectivity index (χ0) is 17.8. The van der Waals surface area contributed by atoms with E-state index < -0.39 is 0 Å². The van der Waals surface area contributed by atoms with Crippen molar-refractivity contribution in [1.82, 2.24) is 15.5 Å². The quantitative estimate of drug-likeness (QED) is 0.597. The largest absolute Gasteiger partial charge is 0.469 e. The highest BCUT2D eigenvalue weighted by atomic mass is 16.3. The minimum Gasteiger partial charge on any atom is -0.469 e. The van der Waals surface area contributed by atoms with Crippen LogP contribution in [0.3, 0.4) is 0 Å². The Kier molecular flexibility index (Phi) is 4.43. The van der Waals surface area contributed by atoms with Crippen molar-refractivity contribution in [3.05, 3.63) is 84.3 Å². The van der Waals surface area contributed by atoms with Gasteiger partial charge >= 0.3 is 0 Å². The molecule has 26 heavy (non-hydrogen) atoms. The van der Waals surface area contributed by atoms with Crippen molar-refractivity contribution in [1.29, 1.82) is 0 Å². The van der Waals surface area contributed by atoms with Crippen LogP contribution in [0.4, 0.5) is 0 Å². The topological polar surface area (TPSA) is 68.0 Å². The van der Waals surface area contributed by atoms with E-state index in [9.17, 15) is 4.79 Å². The van der Waals surface area contributed by atoms with E-state index in [4.69, 9.17) is 4.42 Å². The second-order valence-electron chi connectivity index (χ2n) is 5.89. The summed E-state index contributed by atoms with van der Waals surface area (Å²) in [4.78, 5) is 13.0. The fourth-order valence-corrected chi connectivity index (χ4v) is 2.92. The van der Waals surface area contributed by atoms with Gasteiger partial charge in [-0.25, -0.2) is 0 Å². The van der Waals surface area contributed by atoms with Crippen LogP contribution in [0.15, 0.2) is 77.4 Å². The number of nitrogens with one attached hydrogen (secondary N) is 1. The number of benzene rings is 2. The number of rotatable bonds is 5. The molecule has 1 N–H and O–H groups in total. The minimum atomic E-state index is -0.165. The smallest absolute Gasteiger partial charge is 0.254 e. The first-order chi connectivity index (χ1) is 12.8. The van der Waals surface area contributed by atoms with Gasteiger partial charge in [0.15, 0.2) is 0 Å². The van der Waals surface area contributed by atoms with Gasteiger partial charge in [0.25, 0.3) is 5.91 Å². The van der Waals surface area contributed by atoms with Crippen LogP contribution in [-0.2, 0) is 6.42 Å². The van der Waals surface area contributed by atoms with Crippen molar-refractivity contribution in [3.8, 4) is 11.3 Å². The van der Waals surface area contributed by atoms with Crippen LogP contribution in [0.1, 0.15) is 16.1 Å². The van der Waals surface area contributed by atoms with Crippen molar-refractivity contribution in [3.63, 3.8) is 0 Å². The van der Waals surface area contributed by atoms with E-state index in [0.717, 1.165) is 16.7 Å². The molecule has 4 aromatic rings. The average molecular weight is 343 g/mol. The molecule has 0 atom stereocenters. The number of hydrogen-bond acceptors (Lipinski definition) is 4. The molecule has 5 nitrogen and oxygen atoms in total. The average Bonchev–Trinajstić information content (AvgIpc) is 3.21. The molecular formula is C21H17N3O2. The van der Waals surface area contributed by atoms with Gasteiger partial charge in [0.1, 0.15) is 11.5 Å². The van der Waals surface area contributed by atoms with Gasteiger partial charge in [-0.15, -0.1) is 10.2 Å². The zero-order valence-electron chi connectivity index (χ0n) is 14.1. The van der Waals surface area contributed by atoms with Gasteiger partial charge in [-0.2, -0.15) is 0 Å². The second-order valence-corrected chi connectivity index (χ2v) is 5.89. The van der Waals surface area contributed by atoms with Crippen molar-refractivity contribution >= 4 is 16.8 Å². The predicted octanol–water partition coefficient (Wildman–Crippen LogP) is 3.86. The molecule has 2 aromatic carbocycles. The molecule has 0 fully saturated rings. The highest BCUT2D eigenvalue weighted by Crippen LogP contribution is 2.26. The number of hydrogen-bond donors (Lipinski definition) is 1. The highest BCUT2D eigenvalue weighted by Gasteiger charge is 2.18. The maximum absolute atomic E-state index is 13.0. The summed E-state index contributed by atoms with van der Waals surface area (Å²) in [6, 6.07) is 20.9. The Hall–Kier alpha value is -3.47. The zero-order valence-corrected chi connectivity index (χ0v) is 14.1. The van der Waals surface area contributed by atoms with Crippen LogP contribution in [0.2, 0.25) is 0 Å². The molecule has 1 amide bonds. The molecule has 0 saturated heterocycles. The molecule has 0 aliphatic carbocycles. The van der Waals surface area contributed by atoms with Gasteiger partial charge in [0.2, 0.25) is 0 Å². The first-order valence-electron chi connectivity index (χ1n) is 8.44. The molecule has 2 aromatic heterocycles. The van der Waals surface area contributed by atoms with Gasteiger partial charge in [0, 0.05) is 23.9 Å². The van der Waals surface area contributed by atoms with E-state index in [1.54, 1.807) is 6.26 Å². The predicted molar refractivity (Wildman–Crippen MR) is 99.7 cm³/mol. The summed E-state index contributed by atoms with van der Waals surface area (Å²) in [5.41, 5.74) is 2.69. The van der Waals surface area contributed by atoms with Gasteiger partial charge in [-0.3, -0.25) is 4.79 Å². The Morgan fingerprint density at radius 3 is 2.54 bits per heavy atom. The number of aromatic nitrogens is 2. The molecule has 0 bridgehead atoms. The lowest BCUT2D eigenvalue weighted by Crippen LogP contribution is -2.27. The minimum absolute atomic E-state index is 0.165. The Morgan fingerprint density at radius 1 is 0.923 bits per heavy atom. The van der Waals surface area contributed by atoms with Crippen LogP contribution in [0.25, 0.3) is 22.2 Å². The number of furan rings is 1. The number of nitrogens with zero attached hydrogens (tertiary/aromatic N) is 2. The Labute approximate surface area is 150 Å². The fraction of sp³-hybridized carbons (Fsp3) is 0.0952. The normalized spacial score (nSPS) is 10.8. The summed E-state index contributed by atoms with van der Waals surface area (Å²) < 4.78 is 5.31. The van der Waals surface area contributed by atoms with Crippen LogP contribution in [0, 0.1) is 0 Å². The molecular weight excluding hydrogens is 326 g/mol. The number of amides is 1. The summed E-state index contributed by atoms with van der Waals surface area (Å²) in [6.07, 6.45) is 2.26. The molecule has 128 valence electrons. The molecule has 0 radical (unpaired) electrons. The Morgan fingerprint density at radius 2 is 1.73 bits per heavy atom. The number of carbonyl (C=O) groups excluding carboxylic acids is 1. The summed E-state index contributed by atoms with van der Waals surface area (Å²) in [6.45, 7) is 0.483. The lowest BCUT2D eigenvalue weighted by Gasteiger charge is -2.11. The number of fused-ring (bicyclic) bond motifs is 1. The van der Waals surface area contributed by atoms with Gasteiger partial charge in [-0.05, 0) is 18.2 Å². The maximum atomic E-state index is 13.0. The Bertz CT molecular complexity index is 1030. The highest BCUT2D eigenvalue weighted by molar-refractivity contribution is 6.10. The maximum Gasteiger partial charge on any atom is 0.254 e. The van der Waals surface area contributed by atoms with Gasteiger partial charge in [0.05, 0.1) is 17.3 Å². The third kappa shape index (κ3) is 3.19. The lowest BCUT2D eigenvalue weighted by atomic mass is 10.0. The molecule has 0 aliphatic heterocycles. The van der Waals surface area contributed by atoms with E-state index in [0.29, 0.717) is 29.7 Å². The standard InChI is InChI=1S/C21H17N3O2/c25-21(22-13-12-16-9-6-14-26-16)19-17-10-4-5-11-18(17)23-24-20(19)15-7-2-1-3-8-15/h1-11,14H,12-13H2,(H,22,25). The van der Waals surface area contributed by atoms with Crippen LogP contribution < -0.4 is 5.32 Å². The molecule has 2 heterocycles.